The number of benzene rings is 1. The van der Waals surface area contributed by atoms with Crippen LogP contribution in [-0.4, -0.2) is 40.0 Å². The molecule has 0 radical (unpaired) electrons. The first-order valence-electron chi connectivity index (χ1n) is 11.9. The van der Waals surface area contributed by atoms with Gasteiger partial charge in [0.05, 0.1) is 5.69 Å². The number of rotatable bonds is 4. The first-order valence-corrected chi connectivity index (χ1v) is 12.3. The molecule has 6 rings (SSSR count). The van der Waals surface area contributed by atoms with E-state index in [1.807, 2.05) is 19.1 Å². The molecule has 0 spiro atoms. The van der Waals surface area contributed by atoms with E-state index in [0.717, 1.165) is 63.5 Å². The molecule has 4 heterocycles. The Hall–Kier alpha value is -2.57. The summed E-state index contributed by atoms with van der Waals surface area (Å²) in [7, 11) is 1.69. The molecule has 1 aromatic carbocycles. The summed E-state index contributed by atoms with van der Waals surface area (Å²) in [5.41, 5.74) is 4.72. The highest BCUT2D eigenvalue weighted by atomic mass is 35.5. The summed E-state index contributed by atoms with van der Waals surface area (Å²) >= 11 is 7.16. The highest BCUT2D eigenvalue weighted by Crippen LogP contribution is 2.58. The molecule has 3 aliphatic rings. The first-order chi connectivity index (χ1) is 16.0. The normalized spacial score (nSPS) is 28.2. The van der Waals surface area contributed by atoms with Gasteiger partial charge in [0.1, 0.15) is 5.82 Å². The van der Waals surface area contributed by atoms with E-state index >= 15 is 0 Å². The third-order valence-corrected chi connectivity index (χ3v) is 8.14. The van der Waals surface area contributed by atoms with Gasteiger partial charge in [0, 0.05) is 47.2 Å². The molecule has 7 heteroatoms. The molecule has 2 saturated heterocycles. The molecule has 3 fully saturated rings. The number of nitrogens with one attached hydrogen (secondary N) is 2. The van der Waals surface area contributed by atoms with Crippen LogP contribution in [0.3, 0.4) is 0 Å². The monoisotopic (exact) mass is 461 g/mol. The average Bonchev–Trinajstić information content (AvgIpc) is 3.54. The lowest BCUT2D eigenvalue weighted by Gasteiger charge is -2.31. The number of piperidine rings is 1. The van der Waals surface area contributed by atoms with Gasteiger partial charge in [-0.2, -0.15) is 0 Å². The highest BCUT2D eigenvalue weighted by Gasteiger charge is 2.44. The second-order valence-electron chi connectivity index (χ2n) is 9.79. The van der Waals surface area contributed by atoms with E-state index < -0.39 is 0 Å². The zero-order chi connectivity index (χ0) is 22.7. The lowest BCUT2D eigenvalue weighted by Crippen LogP contribution is -2.38. The summed E-state index contributed by atoms with van der Waals surface area (Å²) in [6.07, 6.45) is 7.28. The van der Waals surface area contributed by atoms with E-state index in [4.69, 9.17) is 16.6 Å². The van der Waals surface area contributed by atoms with Gasteiger partial charge in [-0.15, -0.1) is 0 Å². The van der Waals surface area contributed by atoms with E-state index in [2.05, 4.69) is 32.7 Å². The fourth-order valence-corrected chi connectivity index (χ4v) is 6.60. The van der Waals surface area contributed by atoms with E-state index in [-0.39, 0.29) is 5.91 Å². The largest absolute Gasteiger partial charge is 0.355 e. The van der Waals surface area contributed by atoms with Crippen molar-refractivity contribution in [1.82, 2.24) is 25.6 Å². The lowest BCUT2D eigenvalue weighted by molar-refractivity contribution is 0.0961. The van der Waals surface area contributed by atoms with Crippen LogP contribution >= 0.6 is 11.6 Å². The molecule has 3 aromatic rings. The zero-order valence-electron chi connectivity index (χ0n) is 18.9. The van der Waals surface area contributed by atoms with Gasteiger partial charge in [-0.1, -0.05) is 17.7 Å². The first kappa shape index (κ1) is 21.0. The van der Waals surface area contributed by atoms with Gasteiger partial charge in [-0.25, -0.2) is 15.0 Å². The Morgan fingerprint density at radius 3 is 2.64 bits per heavy atom. The van der Waals surface area contributed by atoms with Crippen LogP contribution in [0.1, 0.15) is 82.9 Å². The summed E-state index contributed by atoms with van der Waals surface area (Å²) in [4.78, 5) is 26.5. The Morgan fingerprint density at radius 1 is 1.09 bits per heavy atom. The van der Waals surface area contributed by atoms with Crippen molar-refractivity contribution in [2.45, 2.75) is 68.9 Å². The molecule has 1 saturated carbocycles. The maximum atomic E-state index is 12.8. The van der Waals surface area contributed by atoms with E-state index in [1.165, 1.54) is 12.8 Å². The summed E-state index contributed by atoms with van der Waals surface area (Å²) in [6.45, 7) is 1.92. The fourth-order valence-electron chi connectivity index (χ4n) is 6.14. The number of carbonyl (C=O) groups is 1. The summed E-state index contributed by atoms with van der Waals surface area (Å²) in [5.74, 6) is 1.59. The number of hydrogen-bond donors (Lipinski definition) is 2. The molecule has 170 valence electrons. The van der Waals surface area contributed by atoms with Gasteiger partial charge in [-0.05, 0) is 80.2 Å². The number of carbonyl (C=O) groups excluding carboxylic acids is 1. The molecule has 33 heavy (non-hydrogen) atoms. The quantitative estimate of drug-likeness (QED) is 0.592. The maximum absolute atomic E-state index is 12.8. The van der Waals surface area contributed by atoms with Crippen molar-refractivity contribution in [2.24, 2.45) is 0 Å². The predicted octanol–water partition coefficient (Wildman–Crippen LogP) is 4.62. The predicted molar refractivity (Wildman–Crippen MR) is 129 cm³/mol. The molecule has 2 bridgehead atoms. The number of amides is 1. The van der Waals surface area contributed by atoms with Crippen LogP contribution in [0.25, 0.3) is 11.0 Å². The topological polar surface area (TPSA) is 79.8 Å². The minimum atomic E-state index is -0.0554. The van der Waals surface area contributed by atoms with Gasteiger partial charge in [0.25, 0.3) is 5.91 Å². The second kappa shape index (κ2) is 8.03. The Kier molecular flexibility index (Phi) is 5.11. The smallest absolute Gasteiger partial charge is 0.251 e. The molecule has 2 N–H and O–H groups in total. The van der Waals surface area contributed by atoms with Crippen LogP contribution in [0, 0.1) is 6.92 Å². The Labute approximate surface area is 198 Å². The molecule has 3 unspecified atom stereocenters. The van der Waals surface area contributed by atoms with E-state index in [9.17, 15) is 4.79 Å². The third-order valence-electron chi connectivity index (χ3n) is 7.72. The van der Waals surface area contributed by atoms with Gasteiger partial charge in [-0.3, -0.25) is 4.79 Å². The number of nitrogens with zero attached hydrogens (tertiary/aromatic N) is 3. The molecule has 2 aliphatic heterocycles. The second-order valence-corrected chi connectivity index (χ2v) is 10.2. The van der Waals surface area contributed by atoms with Gasteiger partial charge >= 0.3 is 0 Å². The molecule has 2 aromatic heterocycles. The van der Waals surface area contributed by atoms with Crippen molar-refractivity contribution >= 4 is 28.5 Å². The SMILES string of the molecule is CNC(=O)c1ccc(C2CC2c2nc(C)nc3ncccc23)c(Cl)c1C1C[C@H]2CC[C@@H](C1)N2. The molecule has 6 nitrogen and oxygen atoms in total. The summed E-state index contributed by atoms with van der Waals surface area (Å²) < 4.78 is 0. The Morgan fingerprint density at radius 2 is 1.88 bits per heavy atom. The van der Waals surface area contributed by atoms with Crippen LogP contribution in [0.2, 0.25) is 5.02 Å². The van der Waals surface area contributed by atoms with Crippen LogP contribution in [0.15, 0.2) is 30.5 Å². The maximum Gasteiger partial charge on any atom is 0.251 e. The van der Waals surface area contributed by atoms with Crippen molar-refractivity contribution in [3.05, 3.63) is 63.7 Å². The van der Waals surface area contributed by atoms with Crippen molar-refractivity contribution in [3.8, 4) is 0 Å². The van der Waals surface area contributed by atoms with Gasteiger partial charge < -0.3 is 10.6 Å². The van der Waals surface area contributed by atoms with Crippen molar-refractivity contribution in [3.63, 3.8) is 0 Å². The number of aryl methyl sites for hydroxylation is 1. The number of aromatic nitrogens is 3. The third kappa shape index (κ3) is 3.60. The fraction of sp³-hybridized carbons (Fsp3) is 0.462. The Balaban J connectivity index is 1.39. The number of pyridine rings is 1. The average molecular weight is 462 g/mol. The van der Waals surface area contributed by atoms with Crippen molar-refractivity contribution in [1.29, 1.82) is 0 Å². The highest BCUT2D eigenvalue weighted by molar-refractivity contribution is 6.33. The summed E-state index contributed by atoms with van der Waals surface area (Å²) in [5, 5.41) is 8.32. The van der Waals surface area contributed by atoms with Crippen LogP contribution in [0.4, 0.5) is 0 Å². The zero-order valence-corrected chi connectivity index (χ0v) is 19.7. The minimum absolute atomic E-state index is 0.0554. The van der Waals surface area contributed by atoms with Gasteiger partial charge in [0.15, 0.2) is 5.65 Å². The minimum Gasteiger partial charge on any atom is -0.355 e. The standard InChI is InChI=1S/C26H28ClN5O/c1-13-30-24(19-4-3-9-29-25(19)31-13)21-12-20(21)17-7-8-18(26(33)28-2)22(23(17)27)14-10-15-5-6-16(11-14)32-15/h3-4,7-9,14-16,20-21,32H,5-6,10-12H2,1-2H3,(H,28,33)/t14?,15-,16+,20?,21?. The van der Waals surface area contributed by atoms with Crippen LogP contribution in [-0.2, 0) is 0 Å². The van der Waals surface area contributed by atoms with E-state index in [1.54, 1.807) is 13.2 Å². The van der Waals surface area contributed by atoms with Crippen molar-refractivity contribution in [2.75, 3.05) is 7.05 Å². The number of fused-ring (bicyclic) bond motifs is 3. The molecular formula is C26H28ClN5O. The van der Waals surface area contributed by atoms with Crippen LogP contribution < -0.4 is 10.6 Å². The van der Waals surface area contributed by atoms with Crippen LogP contribution in [0.5, 0.6) is 0 Å². The molecule has 1 amide bonds. The molecule has 5 atom stereocenters. The van der Waals surface area contributed by atoms with E-state index in [0.29, 0.717) is 29.8 Å². The van der Waals surface area contributed by atoms with Gasteiger partial charge in [0.2, 0.25) is 0 Å². The lowest BCUT2D eigenvalue weighted by atomic mass is 9.82. The summed E-state index contributed by atoms with van der Waals surface area (Å²) in [6, 6.07) is 9.10. The molecular weight excluding hydrogens is 434 g/mol. The number of hydrogen-bond acceptors (Lipinski definition) is 5. The van der Waals surface area contributed by atoms with Crippen molar-refractivity contribution < 1.29 is 4.79 Å². The Bertz CT molecular complexity index is 1250. The molecule has 1 aliphatic carbocycles. The number of halogens is 1.